The second-order valence-corrected chi connectivity index (χ2v) is 4.44. The molecular formula is C11H15BrClN. The second-order valence-electron chi connectivity index (χ2n) is 3.53. The Bertz CT molecular complexity index is 284. The van der Waals surface area contributed by atoms with Gasteiger partial charge < -0.3 is 4.90 Å². The maximum Gasteiger partial charge on any atom is 0.0377 e. The number of hydrogen-bond donors (Lipinski definition) is 0. The molecule has 0 saturated carbocycles. The third kappa shape index (κ3) is 2.89. The first-order chi connectivity index (χ1) is 6.36. The van der Waals surface area contributed by atoms with Crippen LogP contribution >= 0.6 is 28.3 Å². The molecule has 3 heteroatoms. The number of benzene rings is 1. The van der Waals surface area contributed by atoms with E-state index in [1.165, 1.54) is 42.5 Å². The Labute approximate surface area is 100 Å². The van der Waals surface area contributed by atoms with Crippen LogP contribution in [0.3, 0.4) is 0 Å². The van der Waals surface area contributed by atoms with Gasteiger partial charge >= 0.3 is 0 Å². The first-order valence-electron chi connectivity index (χ1n) is 4.87. The van der Waals surface area contributed by atoms with E-state index < -0.39 is 0 Å². The van der Waals surface area contributed by atoms with Gasteiger partial charge in [0.25, 0.3) is 0 Å². The van der Waals surface area contributed by atoms with E-state index in [4.69, 9.17) is 0 Å². The van der Waals surface area contributed by atoms with E-state index in [2.05, 4.69) is 45.1 Å². The van der Waals surface area contributed by atoms with Gasteiger partial charge in [-0.15, -0.1) is 12.4 Å². The number of rotatable bonds is 1. The summed E-state index contributed by atoms with van der Waals surface area (Å²) in [6, 6.07) is 8.57. The third-order valence-corrected chi connectivity index (χ3v) is 3.02. The smallest absolute Gasteiger partial charge is 0.0377 e. The van der Waals surface area contributed by atoms with Crippen LogP contribution in [0.4, 0.5) is 5.69 Å². The van der Waals surface area contributed by atoms with E-state index in [0.29, 0.717) is 0 Å². The molecule has 1 aliphatic rings. The average molecular weight is 277 g/mol. The molecule has 0 bridgehead atoms. The molecule has 0 aromatic heterocycles. The fraction of sp³-hybridized carbons (Fsp3) is 0.455. The molecule has 1 aromatic rings. The van der Waals surface area contributed by atoms with Crippen molar-refractivity contribution in [1.29, 1.82) is 0 Å². The molecule has 1 aromatic carbocycles. The molecule has 0 atom stereocenters. The van der Waals surface area contributed by atoms with E-state index in [9.17, 15) is 0 Å². The van der Waals surface area contributed by atoms with Gasteiger partial charge in [-0.3, -0.25) is 0 Å². The highest BCUT2D eigenvalue weighted by molar-refractivity contribution is 9.10. The molecule has 1 nitrogen and oxygen atoms in total. The Morgan fingerprint density at radius 1 is 1.07 bits per heavy atom. The summed E-state index contributed by atoms with van der Waals surface area (Å²) in [5.41, 5.74) is 1.36. The summed E-state index contributed by atoms with van der Waals surface area (Å²) in [5.74, 6) is 0. The highest BCUT2D eigenvalue weighted by Gasteiger charge is 2.10. The molecule has 1 aliphatic heterocycles. The Hall–Kier alpha value is -0.210. The monoisotopic (exact) mass is 275 g/mol. The van der Waals surface area contributed by atoms with Crippen LogP contribution in [0.1, 0.15) is 19.3 Å². The van der Waals surface area contributed by atoms with E-state index >= 15 is 0 Å². The van der Waals surface area contributed by atoms with Crippen molar-refractivity contribution in [2.45, 2.75) is 19.3 Å². The zero-order valence-electron chi connectivity index (χ0n) is 8.08. The van der Waals surface area contributed by atoms with E-state index in [1.54, 1.807) is 0 Å². The predicted octanol–water partition coefficient (Wildman–Crippen LogP) is 3.86. The first kappa shape index (κ1) is 11.9. The summed E-state index contributed by atoms with van der Waals surface area (Å²) in [6.07, 6.45) is 4.07. The van der Waals surface area contributed by atoms with Crippen molar-refractivity contribution in [2.75, 3.05) is 18.0 Å². The number of nitrogens with zero attached hydrogens (tertiary/aromatic N) is 1. The minimum Gasteiger partial charge on any atom is -0.372 e. The van der Waals surface area contributed by atoms with Crippen LogP contribution < -0.4 is 4.90 Å². The van der Waals surface area contributed by atoms with Gasteiger partial charge in [-0.1, -0.05) is 22.0 Å². The molecule has 0 unspecified atom stereocenters. The van der Waals surface area contributed by atoms with Crippen LogP contribution in [0, 0.1) is 0 Å². The Morgan fingerprint density at radius 2 is 1.79 bits per heavy atom. The topological polar surface area (TPSA) is 3.24 Å². The van der Waals surface area contributed by atoms with Crippen molar-refractivity contribution in [1.82, 2.24) is 0 Å². The number of halogens is 2. The fourth-order valence-corrected chi connectivity index (χ4v) is 2.21. The van der Waals surface area contributed by atoms with Crippen molar-refractivity contribution < 1.29 is 0 Å². The second kappa shape index (κ2) is 5.62. The SMILES string of the molecule is Brc1cccc(N2CCCCC2)c1.Cl. The molecule has 0 radical (unpaired) electrons. The normalized spacial score (nSPS) is 16.2. The van der Waals surface area contributed by atoms with Gasteiger partial charge in [-0.05, 0) is 37.5 Å². The zero-order chi connectivity index (χ0) is 9.10. The van der Waals surface area contributed by atoms with Crippen molar-refractivity contribution in [3.05, 3.63) is 28.7 Å². The highest BCUT2D eigenvalue weighted by Crippen LogP contribution is 2.22. The van der Waals surface area contributed by atoms with Crippen LogP contribution in [0.25, 0.3) is 0 Å². The van der Waals surface area contributed by atoms with Crippen molar-refractivity contribution in [2.24, 2.45) is 0 Å². The maximum atomic E-state index is 3.50. The molecule has 1 fully saturated rings. The molecule has 0 aliphatic carbocycles. The van der Waals surface area contributed by atoms with Crippen LogP contribution in [-0.2, 0) is 0 Å². The Balaban J connectivity index is 0.000000980. The van der Waals surface area contributed by atoms with E-state index in [1.807, 2.05) is 0 Å². The van der Waals surface area contributed by atoms with Crippen LogP contribution in [0.15, 0.2) is 28.7 Å². The molecule has 0 amide bonds. The van der Waals surface area contributed by atoms with Gasteiger partial charge in [0.1, 0.15) is 0 Å². The lowest BCUT2D eigenvalue weighted by molar-refractivity contribution is 0.578. The summed E-state index contributed by atoms with van der Waals surface area (Å²) in [4.78, 5) is 2.47. The van der Waals surface area contributed by atoms with Crippen LogP contribution in [0.5, 0.6) is 0 Å². The van der Waals surface area contributed by atoms with Gasteiger partial charge in [-0.25, -0.2) is 0 Å². The lowest BCUT2D eigenvalue weighted by Crippen LogP contribution is -2.29. The Kier molecular flexibility index (Phi) is 4.76. The lowest BCUT2D eigenvalue weighted by atomic mass is 10.1. The summed E-state index contributed by atoms with van der Waals surface area (Å²) < 4.78 is 1.18. The van der Waals surface area contributed by atoms with Gasteiger partial charge in [0, 0.05) is 23.2 Å². The highest BCUT2D eigenvalue weighted by atomic mass is 79.9. The summed E-state index contributed by atoms with van der Waals surface area (Å²) in [6.45, 7) is 2.44. The standard InChI is InChI=1S/C11H14BrN.ClH/c12-10-5-4-6-11(9-10)13-7-2-1-3-8-13;/h4-6,9H,1-3,7-8H2;1H. The quantitative estimate of drug-likeness (QED) is 0.753. The average Bonchev–Trinajstić information content (AvgIpc) is 2.19. The lowest BCUT2D eigenvalue weighted by Gasteiger charge is -2.28. The van der Waals surface area contributed by atoms with Crippen LogP contribution in [0.2, 0.25) is 0 Å². The van der Waals surface area contributed by atoms with E-state index in [-0.39, 0.29) is 12.4 Å². The number of piperidine rings is 1. The van der Waals surface area contributed by atoms with Gasteiger partial charge in [0.15, 0.2) is 0 Å². The largest absolute Gasteiger partial charge is 0.372 e. The minimum absolute atomic E-state index is 0. The summed E-state index contributed by atoms with van der Waals surface area (Å²) in [7, 11) is 0. The Morgan fingerprint density at radius 3 is 2.43 bits per heavy atom. The maximum absolute atomic E-state index is 3.50. The third-order valence-electron chi connectivity index (χ3n) is 2.53. The van der Waals surface area contributed by atoms with Crippen molar-refractivity contribution >= 4 is 34.0 Å². The zero-order valence-corrected chi connectivity index (χ0v) is 10.5. The molecular weight excluding hydrogens is 261 g/mol. The molecule has 0 N–H and O–H groups in total. The molecule has 78 valence electrons. The molecule has 2 rings (SSSR count). The summed E-state index contributed by atoms with van der Waals surface area (Å²) >= 11 is 3.50. The minimum atomic E-state index is 0. The predicted molar refractivity (Wildman–Crippen MR) is 67.5 cm³/mol. The van der Waals surface area contributed by atoms with Gasteiger partial charge in [0.2, 0.25) is 0 Å². The molecule has 1 heterocycles. The molecule has 14 heavy (non-hydrogen) atoms. The molecule has 1 saturated heterocycles. The van der Waals surface area contributed by atoms with Gasteiger partial charge in [0.05, 0.1) is 0 Å². The number of hydrogen-bond acceptors (Lipinski definition) is 1. The first-order valence-corrected chi connectivity index (χ1v) is 5.66. The van der Waals surface area contributed by atoms with Crippen molar-refractivity contribution in [3.63, 3.8) is 0 Å². The number of anilines is 1. The molecule has 0 spiro atoms. The fourth-order valence-electron chi connectivity index (χ4n) is 1.82. The van der Waals surface area contributed by atoms with Crippen LogP contribution in [-0.4, -0.2) is 13.1 Å². The van der Waals surface area contributed by atoms with Gasteiger partial charge in [-0.2, -0.15) is 0 Å². The van der Waals surface area contributed by atoms with E-state index in [0.717, 1.165) is 0 Å². The van der Waals surface area contributed by atoms with Crippen molar-refractivity contribution in [3.8, 4) is 0 Å². The summed E-state index contributed by atoms with van der Waals surface area (Å²) in [5, 5.41) is 0.